The zero-order valence-electron chi connectivity index (χ0n) is 14.5. The highest BCUT2D eigenvalue weighted by molar-refractivity contribution is 7.89. The van der Waals surface area contributed by atoms with E-state index in [4.69, 9.17) is 10.00 Å². The van der Waals surface area contributed by atoms with Gasteiger partial charge in [-0.25, -0.2) is 8.42 Å². The van der Waals surface area contributed by atoms with Crippen LogP contribution in [-0.2, 0) is 24.3 Å². The molecule has 1 aliphatic heterocycles. The van der Waals surface area contributed by atoms with Gasteiger partial charge in [-0.1, -0.05) is 12.1 Å². The molecule has 1 heterocycles. The fourth-order valence-electron chi connectivity index (χ4n) is 2.77. The number of hydrogen-bond acceptors (Lipinski definition) is 6. The van der Waals surface area contributed by atoms with Crippen LogP contribution in [0.1, 0.15) is 31.7 Å². The monoisotopic (exact) mass is 379 g/mol. The van der Waals surface area contributed by atoms with Crippen molar-refractivity contribution >= 4 is 21.9 Å². The lowest BCUT2D eigenvalue weighted by Crippen LogP contribution is -2.44. The number of rotatable bonds is 6. The number of nitrogens with one attached hydrogen (secondary N) is 1. The number of sulfonamides is 1. The van der Waals surface area contributed by atoms with Gasteiger partial charge in [0, 0.05) is 12.6 Å². The first-order chi connectivity index (χ1) is 12.3. The predicted molar refractivity (Wildman–Crippen MR) is 92.3 cm³/mol. The second-order valence-electron chi connectivity index (χ2n) is 6.03. The summed E-state index contributed by atoms with van der Waals surface area (Å²) in [7, 11) is -4.03. The number of esters is 1. The van der Waals surface area contributed by atoms with Crippen molar-refractivity contribution in [2.45, 2.75) is 37.1 Å². The van der Waals surface area contributed by atoms with Crippen LogP contribution >= 0.6 is 0 Å². The molecular formula is C17H21N3O5S. The maximum Gasteiger partial charge on any atom is 0.321 e. The van der Waals surface area contributed by atoms with E-state index in [0.717, 1.165) is 19.3 Å². The van der Waals surface area contributed by atoms with Crippen molar-refractivity contribution in [1.82, 2.24) is 9.62 Å². The van der Waals surface area contributed by atoms with Gasteiger partial charge in [0.1, 0.15) is 12.6 Å². The van der Waals surface area contributed by atoms with Crippen LogP contribution in [0.2, 0.25) is 0 Å². The minimum absolute atomic E-state index is 0.0253. The van der Waals surface area contributed by atoms with Gasteiger partial charge >= 0.3 is 5.97 Å². The Labute approximate surface area is 152 Å². The molecule has 1 atom stereocenters. The zero-order valence-corrected chi connectivity index (χ0v) is 15.3. The summed E-state index contributed by atoms with van der Waals surface area (Å²) < 4.78 is 31.4. The van der Waals surface area contributed by atoms with Gasteiger partial charge in [-0.3, -0.25) is 9.59 Å². The van der Waals surface area contributed by atoms with Gasteiger partial charge in [0.2, 0.25) is 10.0 Å². The summed E-state index contributed by atoms with van der Waals surface area (Å²) in [5.74, 6) is -1.15. The fraction of sp³-hybridized carbons (Fsp3) is 0.471. The molecule has 140 valence electrons. The van der Waals surface area contributed by atoms with Crippen LogP contribution in [0, 0.1) is 11.3 Å². The third-order valence-corrected chi connectivity index (χ3v) is 5.64. The Morgan fingerprint density at radius 2 is 2.08 bits per heavy atom. The Bertz CT molecular complexity index is 816. The number of carbonyl (C=O) groups is 2. The first-order valence-electron chi connectivity index (χ1n) is 8.29. The number of amides is 1. The number of benzene rings is 1. The first-order valence-corrected chi connectivity index (χ1v) is 9.77. The minimum Gasteiger partial charge on any atom is -0.455 e. The maximum atomic E-state index is 12.2. The summed E-state index contributed by atoms with van der Waals surface area (Å²) >= 11 is 0. The maximum absolute atomic E-state index is 12.2. The molecule has 0 aliphatic carbocycles. The van der Waals surface area contributed by atoms with Crippen molar-refractivity contribution in [1.29, 1.82) is 5.26 Å². The Morgan fingerprint density at radius 1 is 1.35 bits per heavy atom. The third-order valence-electron chi connectivity index (χ3n) is 4.18. The van der Waals surface area contributed by atoms with Gasteiger partial charge < -0.3 is 9.64 Å². The molecule has 0 aromatic heterocycles. The van der Waals surface area contributed by atoms with Crippen molar-refractivity contribution in [2.75, 3.05) is 19.7 Å². The Morgan fingerprint density at radius 3 is 2.77 bits per heavy atom. The number of likely N-dealkylation sites (tertiary alicyclic amines) is 1. The highest BCUT2D eigenvalue weighted by atomic mass is 32.2. The van der Waals surface area contributed by atoms with Crippen LogP contribution in [0.15, 0.2) is 29.2 Å². The number of piperidine rings is 1. The fourth-order valence-corrected chi connectivity index (χ4v) is 3.89. The molecule has 2 rings (SSSR count). The van der Waals surface area contributed by atoms with Crippen molar-refractivity contribution in [3.63, 3.8) is 0 Å². The van der Waals surface area contributed by atoms with Crippen LogP contribution in [0.25, 0.3) is 0 Å². The lowest BCUT2D eigenvalue weighted by molar-refractivity contribution is -0.152. The van der Waals surface area contributed by atoms with Crippen LogP contribution in [-0.4, -0.2) is 50.9 Å². The lowest BCUT2D eigenvalue weighted by Gasteiger charge is -2.33. The molecule has 1 N–H and O–H groups in total. The standard InChI is InChI=1S/C17H21N3O5S/c1-13-6-4-5-9-20(13)16(21)12-25-17(22)11-19-26(23,24)15-8-3-2-7-14(15)10-18/h2-3,7-8,13,19H,4-6,9,11-12H2,1H3/t13-/m0/s1. The summed E-state index contributed by atoms with van der Waals surface area (Å²) in [5.41, 5.74) is -0.0253. The predicted octanol–water partition coefficient (Wildman–Crippen LogP) is 0.781. The summed E-state index contributed by atoms with van der Waals surface area (Å²) in [6, 6.07) is 7.55. The molecule has 1 saturated heterocycles. The van der Waals surface area contributed by atoms with E-state index in [1.165, 1.54) is 18.2 Å². The number of nitrogens with zero attached hydrogens (tertiary/aromatic N) is 2. The Balaban J connectivity index is 1.86. The van der Waals surface area contributed by atoms with E-state index < -0.39 is 29.1 Å². The van der Waals surface area contributed by atoms with Crippen LogP contribution in [0.3, 0.4) is 0 Å². The van der Waals surface area contributed by atoms with Crippen molar-refractivity contribution in [3.05, 3.63) is 29.8 Å². The van der Waals surface area contributed by atoms with E-state index in [0.29, 0.717) is 6.54 Å². The Kier molecular flexibility index (Phi) is 6.71. The topological polar surface area (TPSA) is 117 Å². The number of nitriles is 1. The number of ether oxygens (including phenoxy) is 1. The molecule has 1 aromatic carbocycles. The molecule has 0 saturated carbocycles. The molecule has 8 nitrogen and oxygen atoms in total. The van der Waals surface area contributed by atoms with Crippen molar-refractivity contribution in [2.24, 2.45) is 0 Å². The summed E-state index contributed by atoms with van der Waals surface area (Å²) in [6.07, 6.45) is 2.90. The summed E-state index contributed by atoms with van der Waals surface area (Å²) in [5, 5.41) is 8.97. The van der Waals surface area contributed by atoms with E-state index in [2.05, 4.69) is 4.72 Å². The Hall–Kier alpha value is -2.44. The van der Waals surface area contributed by atoms with E-state index in [1.54, 1.807) is 17.0 Å². The van der Waals surface area contributed by atoms with E-state index in [9.17, 15) is 18.0 Å². The zero-order chi connectivity index (χ0) is 19.2. The first kappa shape index (κ1) is 19.9. The molecule has 1 aliphatic rings. The normalized spacial score (nSPS) is 17.4. The summed E-state index contributed by atoms with van der Waals surface area (Å²) in [4.78, 5) is 25.3. The number of carbonyl (C=O) groups excluding carboxylic acids is 2. The van der Waals surface area contributed by atoms with E-state index in [1.807, 2.05) is 6.92 Å². The second kappa shape index (κ2) is 8.78. The van der Waals surface area contributed by atoms with Crippen LogP contribution in [0.5, 0.6) is 0 Å². The third kappa shape index (κ3) is 5.03. The van der Waals surface area contributed by atoms with E-state index >= 15 is 0 Å². The van der Waals surface area contributed by atoms with Gasteiger partial charge in [-0.05, 0) is 38.3 Å². The smallest absolute Gasteiger partial charge is 0.321 e. The molecule has 0 spiro atoms. The largest absolute Gasteiger partial charge is 0.455 e. The van der Waals surface area contributed by atoms with Crippen molar-refractivity contribution in [3.8, 4) is 6.07 Å². The van der Waals surface area contributed by atoms with Gasteiger partial charge in [0.15, 0.2) is 6.61 Å². The molecule has 1 aromatic rings. The molecule has 0 bridgehead atoms. The molecule has 0 unspecified atom stereocenters. The number of hydrogen-bond donors (Lipinski definition) is 1. The summed E-state index contributed by atoms with van der Waals surface area (Å²) in [6.45, 7) is 1.54. The van der Waals surface area contributed by atoms with Crippen LogP contribution in [0.4, 0.5) is 0 Å². The van der Waals surface area contributed by atoms with Crippen molar-refractivity contribution < 1.29 is 22.7 Å². The molecule has 26 heavy (non-hydrogen) atoms. The van der Waals surface area contributed by atoms with Crippen LogP contribution < -0.4 is 4.72 Å². The van der Waals surface area contributed by atoms with Gasteiger partial charge in [0.05, 0.1) is 10.5 Å². The molecular weight excluding hydrogens is 358 g/mol. The second-order valence-corrected chi connectivity index (χ2v) is 7.76. The molecule has 9 heteroatoms. The average Bonchev–Trinajstić information content (AvgIpc) is 2.64. The highest BCUT2D eigenvalue weighted by Gasteiger charge is 2.24. The molecule has 1 fully saturated rings. The average molecular weight is 379 g/mol. The SMILES string of the molecule is C[C@H]1CCCCN1C(=O)COC(=O)CNS(=O)(=O)c1ccccc1C#N. The van der Waals surface area contributed by atoms with Gasteiger partial charge in [-0.2, -0.15) is 9.98 Å². The minimum atomic E-state index is -4.03. The molecule has 1 amide bonds. The highest BCUT2D eigenvalue weighted by Crippen LogP contribution is 2.16. The quantitative estimate of drug-likeness (QED) is 0.730. The van der Waals surface area contributed by atoms with E-state index in [-0.39, 0.29) is 22.4 Å². The van der Waals surface area contributed by atoms with Gasteiger partial charge in [0.25, 0.3) is 5.91 Å². The molecule has 0 radical (unpaired) electrons. The lowest BCUT2D eigenvalue weighted by atomic mass is 10.0. The van der Waals surface area contributed by atoms with Gasteiger partial charge in [-0.15, -0.1) is 0 Å².